The zero-order valence-corrected chi connectivity index (χ0v) is 13.7. The fourth-order valence-corrected chi connectivity index (χ4v) is 4.55. The minimum Gasteiger partial charge on any atom is -0.398 e. The predicted octanol–water partition coefficient (Wildman–Crippen LogP) is 3.16. The van der Waals surface area contributed by atoms with Crippen LogP contribution in [0.1, 0.15) is 46.5 Å². The highest BCUT2D eigenvalue weighted by molar-refractivity contribution is 6.74. The number of fused-ring (bicyclic) bond motifs is 2. The lowest BCUT2D eigenvalue weighted by molar-refractivity contribution is -0.141. The molecule has 0 aromatic heterocycles. The molecule has 0 aromatic rings. The van der Waals surface area contributed by atoms with Crippen LogP contribution in [0.5, 0.6) is 0 Å². The van der Waals surface area contributed by atoms with Gasteiger partial charge in [0.25, 0.3) is 0 Å². The average Bonchev–Trinajstić information content (AvgIpc) is 2.40. The summed E-state index contributed by atoms with van der Waals surface area (Å²) in [5.41, 5.74) is -0.289. The Morgan fingerprint density at radius 2 is 2.00 bits per heavy atom. The SMILES string of the molecule is CN1C2CCC1(O[Si](C)(C)C(C)(C)C)CC(=O)C2. The molecule has 4 heteroatoms. The Balaban J connectivity index is 2.24. The van der Waals surface area contributed by atoms with Gasteiger partial charge in [-0.05, 0) is 38.0 Å². The van der Waals surface area contributed by atoms with Gasteiger partial charge in [0, 0.05) is 18.9 Å². The third kappa shape index (κ3) is 2.19. The molecule has 2 saturated heterocycles. The van der Waals surface area contributed by atoms with Crippen molar-refractivity contribution in [1.82, 2.24) is 4.90 Å². The molecule has 2 unspecified atom stereocenters. The molecule has 0 spiro atoms. The molecule has 0 radical (unpaired) electrons. The molecule has 0 aliphatic carbocycles. The fourth-order valence-electron chi connectivity index (χ4n) is 2.98. The van der Waals surface area contributed by atoms with E-state index < -0.39 is 8.32 Å². The van der Waals surface area contributed by atoms with Crippen molar-refractivity contribution in [2.24, 2.45) is 0 Å². The molecule has 0 N–H and O–H groups in total. The van der Waals surface area contributed by atoms with Crippen molar-refractivity contribution in [3.05, 3.63) is 0 Å². The van der Waals surface area contributed by atoms with Crippen LogP contribution in [-0.2, 0) is 9.22 Å². The Labute approximate surface area is 112 Å². The first-order valence-electron chi connectivity index (χ1n) is 7.02. The van der Waals surface area contributed by atoms with E-state index in [2.05, 4.69) is 45.8 Å². The van der Waals surface area contributed by atoms with E-state index in [9.17, 15) is 4.79 Å². The normalized spacial score (nSPS) is 34.1. The molecule has 2 rings (SSSR count). The summed E-state index contributed by atoms with van der Waals surface area (Å²) >= 11 is 0. The van der Waals surface area contributed by atoms with Crippen LogP contribution in [0.2, 0.25) is 18.1 Å². The summed E-state index contributed by atoms with van der Waals surface area (Å²) in [6.45, 7) is 11.3. The number of hydrogen-bond acceptors (Lipinski definition) is 3. The van der Waals surface area contributed by atoms with Gasteiger partial charge in [0.1, 0.15) is 11.5 Å². The first-order chi connectivity index (χ1) is 8.07. The number of nitrogens with zero attached hydrogens (tertiary/aromatic N) is 1. The molecule has 18 heavy (non-hydrogen) atoms. The molecule has 2 heterocycles. The second-order valence-electron chi connectivity index (χ2n) is 7.53. The fraction of sp³-hybridized carbons (Fsp3) is 0.929. The molecule has 2 aliphatic rings. The summed E-state index contributed by atoms with van der Waals surface area (Å²) < 4.78 is 6.65. The van der Waals surface area contributed by atoms with Crippen LogP contribution >= 0.6 is 0 Å². The number of carbonyl (C=O) groups is 1. The predicted molar refractivity (Wildman–Crippen MR) is 76.0 cm³/mol. The van der Waals surface area contributed by atoms with E-state index in [0.29, 0.717) is 18.2 Å². The van der Waals surface area contributed by atoms with Crippen LogP contribution < -0.4 is 0 Å². The van der Waals surface area contributed by atoms with Crippen LogP contribution in [0.4, 0.5) is 0 Å². The molecule has 0 amide bonds. The summed E-state index contributed by atoms with van der Waals surface area (Å²) in [6.07, 6.45) is 3.44. The zero-order valence-electron chi connectivity index (χ0n) is 12.7. The largest absolute Gasteiger partial charge is 0.398 e. The van der Waals surface area contributed by atoms with E-state index in [1.54, 1.807) is 0 Å². The molecule has 2 aliphatic heterocycles. The zero-order chi connectivity index (χ0) is 13.8. The smallest absolute Gasteiger partial charge is 0.194 e. The van der Waals surface area contributed by atoms with Crippen LogP contribution in [-0.4, -0.2) is 37.8 Å². The lowest BCUT2D eigenvalue weighted by Crippen LogP contribution is -2.59. The molecule has 2 bridgehead atoms. The molecule has 0 aromatic carbocycles. The molecule has 2 fully saturated rings. The van der Waals surface area contributed by atoms with Gasteiger partial charge in [-0.1, -0.05) is 20.8 Å². The van der Waals surface area contributed by atoms with E-state index in [1.165, 1.54) is 0 Å². The third-order valence-electron chi connectivity index (χ3n) is 5.25. The number of ketones is 1. The van der Waals surface area contributed by atoms with Gasteiger partial charge in [0.05, 0.1) is 0 Å². The summed E-state index contributed by atoms with van der Waals surface area (Å²) in [7, 11) is 0.312. The van der Waals surface area contributed by atoms with Crippen molar-refractivity contribution in [2.45, 2.75) is 76.4 Å². The second-order valence-corrected chi connectivity index (χ2v) is 12.3. The van der Waals surface area contributed by atoms with Gasteiger partial charge in [0.2, 0.25) is 0 Å². The lowest BCUT2D eigenvalue weighted by Gasteiger charge is -2.49. The van der Waals surface area contributed by atoms with Gasteiger partial charge in [-0.15, -0.1) is 0 Å². The van der Waals surface area contributed by atoms with Crippen molar-refractivity contribution in [2.75, 3.05) is 7.05 Å². The highest BCUT2D eigenvalue weighted by Gasteiger charge is 2.54. The highest BCUT2D eigenvalue weighted by Crippen LogP contribution is 2.47. The quantitative estimate of drug-likeness (QED) is 0.721. The van der Waals surface area contributed by atoms with Gasteiger partial charge >= 0.3 is 0 Å². The number of rotatable bonds is 2. The van der Waals surface area contributed by atoms with Gasteiger partial charge in [-0.25, -0.2) is 0 Å². The van der Waals surface area contributed by atoms with Crippen LogP contribution in [0.25, 0.3) is 0 Å². The maximum atomic E-state index is 11.9. The van der Waals surface area contributed by atoms with Crippen LogP contribution in [0.15, 0.2) is 0 Å². The van der Waals surface area contributed by atoms with E-state index in [-0.39, 0.29) is 10.8 Å². The van der Waals surface area contributed by atoms with E-state index in [0.717, 1.165) is 19.3 Å². The second kappa shape index (κ2) is 4.15. The number of piperidine rings is 1. The summed E-state index contributed by atoms with van der Waals surface area (Å²) in [4.78, 5) is 14.3. The molecular formula is C14H27NO2Si. The van der Waals surface area contributed by atoms with Gasteiger partial charge in [-0.2, -0.15) is 0 Å². The number of Topliss-reactive ketones (excluding diaryl/α,β-unsaturated/α-hetero) is 1. The topological polar surface area (TPSA) is 29.5 Å². The van der Waals surface area contributed by atoms with Gasteiger partial charge < -0.3 is 4.43 Å². The molecule has 0 saturated carbocycles. The van der Waals surface area contributed by atoms with Crippen LogP contribution in [0, 0.1) is 0 Å². The number of hydrogen-bond donors (Lipinski definition) is 0. The monoisotopic (exact) mass is 269 g/mol. The Morgan fingerprint density at radius 3 is 2.56 bits per heavy atom. The van der Waals surface area contributed by atoms with Crippen molar-refractivity contribution in [1.29, 1.82) is 0 Å². The van der Waals surface area contributed by atoms with Gasteiger partial charge in [0.15, 0.2) is 8.32 Å². The lowest BCUT2D eigenvalue weighted by atomic mass is 10.00. The van der Waals surface area contributed by atoms with Crippen LogP contribution in [0.3, 0.4) is 0 Å². The number of carbonyl (C=O) groups excluding carboxylic acids is 1. The Morgan fingerprint density at radius 1 is 1.39 bits per heavy atom. The van der Waals surface area contributed by atoms with Crippen molar-refractivity contribution < 1.29 is 9.22 Å². The highest BCUT2D eigenvalue weighted by atomic mass is 28.4. The van der Waals surface area contributed by atoms with Crippen molar-refractivity contribution >= 4 is 14.1 Å². The Hall–Kier alpha value is -0.193. The third-order valence-corrected chi connectivity index (χ3v) is 9.75. The minimum absolute atomic E-state index is 0.196. The standard InChI is InChI=1S/C14H27NO2Si/c1-13(2,3)18(5,6)17-14-8-7-11(15(14)4)9-12(16)10-14/h11H,7-10H2,1-6H3. The molecule has 2 atom stereocenters. The summed E-state index contributed by atoms with van der Waals surface area (Å²) in [5, 5.41) is 0.196. The molecule has 3 nitrogen and oxygen atoms in total. The van der Waals surface area contributed by atoms with E-state index in [4.69, 9.17) is 4.43 Å². The summed E-state index contributed by atoms with van der Waals surface area (Å²) in [5.74, 6) is 0.384. The minimum atomic E-state index is -1.82. The van der Waals surface area contributed by atoms with Crippen molar-refractivity contribution in [3.63, 3.8) is 0 Å². The first kappa shape index (κ1) is 14.2. The Bertz CT molecular complexity index is 361. The van der Waals surface area contributed by atoms with E-state index >= 15 is 0 Å². The van der Waals surface area contributed by atoms with Crippen molar-refractivity contribution in [3.8, 4) is 0 Å². The summed E-state index contributed by atoms with van der Waals surface area (Å²) in [6, 6.07) is 0.413. The molecule has 104 valence electrons. The molecular weight excluding hydrogens is 242 g/mol. The maximum Gasteiger partial charge on any atom is 0.194 e. The first-order valence-corrected chi connectivity index (χ1v) is 9.93. The average molecular weight is 269 g/mol. The van der Waals surface area contributed by atoms with E-state index in [1.807, 2.05) is 0 Å². The van der Waals surface area contributed by atoms with Gasteiger partial charge in [-0.3, -0.25) is 9.69 Å². The Kier molecular flexibility index (Phi) is 3.28. The maximum absolute atomic E-state index is 11.9.